The molecule has 0 atom stereocenters. The van der Waals surface area contributed by atoms with E-state index in [1.807, 2.05) is 6.07 Å². The van der Waals surface area contributed by atoms with E-state index in [9.17, 15) is 0 Å². The summed E-state index contributed by atoms with van der Waals surface area (Å²) in [6.45, 7) is 1.91. The highest BCUT2D eigenvalue weighted by Crippen LogP contribution is 2.24. The maximum absolute atomic E-state index is 8.36. The summed E-state index contributed by atoms with van der Waals surface area (Å²) in [6.07, 6.45) is 0. The van der Waals surface area contributed by atoms with E-state index in [1.165, 1.54) is 22.3 Å². The zero-order valence-electron chi connectivity index (χ0n) is 10.1. The molecule has 0 amide bonds. The fourth-order valence-electron chi connectivity index (χ4n) is 1.75. The van der Waals surface area contributed by atoms with Crippen molar-refractivity contribution in [2.24, 2.45) is 0 Å². The Labute approximate surface area is 115 Å². The molecule has 0 aliphatic carbocycles. The second-order valence-electron chi connectivity index (χ2n) is 3.75. The van der Waals surface area contributed by atoms with Gasteiger partial charge in [0.1, 0.15) is 0 Å². The number of carboxylic acid groups (broad SMARTS) is 1. The van der Waals surface area contributed by atoms with Crippen LogP contribution in [0.3, 0.4) is 0 Å². The van der Waals surface area contributed by atoms with Gasteiger partial charge in [0.2, 0.25) is 0 Å². The summed E-state index contributed by atoms with van der Waals surface area (Å²) < 4.78 is 0. The van der Waals surface area contributed by atoms with Crippen LogP contribution in [-0.4, -0.2) is 11.6 Å². The molecular weight excluding hydrogens is 292 g/mol. The first-order valence-corrected chi connectivity index (χ1v) is 6.63. The first kappa shape index (κ1) is 14.5. The normalized spacial score (nSPS) is 9.22. The third-order valence-corrected chi connectivity index (χ3v) is 3.18. The molecule has 0 saturated carbocycles. The average Bonchev–Trinajstić information content (AvgIpc) is 2.40. The Morgan fingerprint density at radius 3 is 2.28 bits per heavy atom. The highest BCUT2D eigenvalue weighted by atomic mass is 79.9. The molecule has 2 aromatic carbocycles. The van der Waals surface area contributed by atoms with Crippen LogP contribution in [-0.2, 0) is 10.1 Å². The van der Waals surface area contributed by atoms with Crippen LogP contribution in [0.25, 0.3) is 11.1 Å². The number of carbonyl (C=O) groups is 1. The van der Waals surface area contributed by atoms with E-state index < -0.39 is 0 Å². The van der Waals surface area contributed by atoms with Crippen LogP contribution >= 0.6 is 15.9 Å². The van der Waals surface area contributed by atoms with Crippen molar-refractivity contribution >= 4 is 22.4 Å². The third-order valence-electron chi connectivity index (χ3n) is 2.53. The molecule has 2 nitrogen and oxygen atoms in total. The van der Waals surface area contributed by atoms with Gasteiger partial charge in [-0.3, -0.25) is 4.79 Å². The maximum Gasteiger partial charge on any atom is 0.290 e. The SMILES string of the molecule is Cc1cc(CBr)ccc1-c1ccccc1.O=CO. The van der Waals surface area contributed by atoms with Crippen LogP contribution < -0.4 is 0 Å². The van der Waals surface area contributed by atoms with Gasteiger partial charge in [0, 0.05) is 5.33 Å². The molecule has 0 aromatic heterocycles. The smallest absolute Gasteiger partial charge is 0.290 e. The predicted molar refractivity (Wildman–Crippen MR) is 77.9 cm³/mol. The van der Waals surface area contributed by atoms with Gasteiger partial charge in [-0.15, -0.1) is 0 Å². The zero-order chi connectivity index (χ0) is 13.4. The molecule has 0 fully saturated rings. The van der Waals surface area contributed by atoms with Crippen molar-refractivity contribution in [1.82, 2.24) is 0 Å². The summed E-state index contributed by atoms with van der Waals surface area (Å²) in [5, 5.41) is 7.81. The molecule has 0 bridgehead atoms. The Bertz CT molecular complexity index is 495. The Morgan fingerprint density at radius 1 is 1.17 bits per heavy atom. The van der Waals surface area contributed by atoms with Gasteiger partial charge < -0.3 is 5.11 Å². The van der Waals surface area contributed by atoms with Crippen LogP contribution in [0.4, 0.5) is 0 Å². The average molecular weight is 307 g/mol. The predicted octanol–water partition coefficient (Wildman–Crippen LogP) is 4.26. The number of benzene rings is 2. The first-order chi connectivity index (χ1) is 8.72. The Hall–Kier alpha value is -1.61. The number of hydrogen-bond acceptors (Lipinski definition) is 1. The molecule has 0 spiro atoms. The van der Waals surface area contributed by atoms with Crippen molar-refractivity contribution in [2.75, 3.05) is 0 Å². The van der Waals surface area contributed by atoms with Gasteiger partial charge in [0.25, 0.3) is 6.47 Å². The van der Waals surface area contributed by atoms with E-state index in [1.54, 1.807) is 0 Å². The van der Waals surface area contributed by atoms with Crippen molar-refractivity contribution in [2.45, 2.75) is 12.3 Å². The summed E-state index contributed by atoms with van der Waals surface area (Å²) in [4.78, 5) is 8.36. The Morgan fingerprint density at radius 2 is 1.78 bits per heavy atom. The molecule has 0 heterocycles. The minimum absolute atomic E-state index is 0.250. The van der Waals surface area contributed by atoms with Gasteiger partial charge in [-0.25, -0.2) is 0 Å². The fourth-order valence-corrected chi connectivity index (χ4v) is 2.10. The van der Waals surface area contributed by atoms with Crippen LogP contribution in [0, 0.1) is 6.92 Å². The van der Waals surface area contributed by atoms with Gasteiger partial charge in [0.05, 0.1) is 0 Å². The van der Waals surface area contributed by atoms with E-state index in [4.69, 9.17) is 9.90 Å². The summed E-state index contributed by atoms with van der Waals surface area (Å²) in [7, 11) is 0. The lowest BCUT2D eigenvalue weighted by Gasteiger charge is -2.07. The molecule has 94 valence electrons. The maximum atomic E-state index is 8.36. The molecule has 3 heteroatoms. The lowest BCUT2D eigenvalue weighted by molar-refractivity contribution is -0.122. The van der Waals surface area contributed by atoms with Crippen molar-refractivity contribution in [3.63, 3.8) is 0 Å². The van der Waals surface area contributed by atoms with Gasteiger partial charge in [-0.1, -0.05) is 64.5 Å². The van der Waals surface area contributed by atoms with Gasteiger partial charge in [0.15, 0.2) is 0 Å². The summed E-state index contributed by atoms with van der Waals surface area (Å²) >= 11 is 3.47. The summed E-state index contributed by atoms with van der Waals surface area (Å²) in [5.74, 6) is 0. The lowest BCUT2D eigenvalue weighted by Crippen LogP contribution is -1.85. The number of halogens is 1. The number of hydrogen-bond donors (Lipinski definition) is 1. The quantitative estimate of drug-likeness (QED) is 0.665. The molecule has 2 aromatic rings. The van der Waals surface area contributed by atoms with Crippen LogP contribution in [0.1, 0.15) is 11.1 Å². The van der Waals surface area contributed by atoms with Crippen LogP contribution in [0.5, 0.6) is 0 Å². The fraction of sp³-hybridized carbons (Fsp3) is 0.133. The molecule has 0 radical (unpaired) electrons. The second kappa shape index (κ2) is 7.67. The van der Waals surface area contributed by atoms with E-state index in [0.29, 0.717) is 0 Å². The van der Waals surface area contributed by atoms with Gasteiger partial charge >= 0.3 is 0 Å². The van der Waals surface area contributed by atoms with E-state index in [2.05, 4.69) is 65.3 Å². The third kappa shape index (κ3) is 4.00. The van der Waals surface area contributed by atoms with E-state index in [-0.39, 0.29) is 6.47 Å². The highest BCUT2D eigenvalue weighted by molar-refractivity contribution is 9.08. The Balaban J connectivity index is 0.000000492. The summed E-state index contributed by atoms with van der Waals surface area (Å²) in [5.41, 5.74) is 5.27. The topological polar surface area (TPSA) is 37.3 Å². The minimum Gasteiger partial charge on any atom is -0.483 e. The van der Waals surface area contributed by atoms with Crippen LogP contribution in [0.15, 0.2) is 48.5 Å². The molecule has 0 aliphatic heterocycles. The van der Waals surface area contributed by atoms with E-state index >= 15 is 0 Å². The van der Waals surface area contributed by atoms with E-state index in [0.717, 1.165) is 5.33 Å². The molecule has 18 heavy (non-hydrogen) atoms. The largest absolute Gasteiger partial charge is 0.483 e. The monoisotopic (exact) mass is 306 g/mol. The molecular formula is C15H15BrO2. The molecule has 2 rings (SSSR count). The van der Waals surface area contributed by atoms with Gasteiger partial charge in [-0.2, -0.15) is 0 Å². The van der Waals surface area contributed by atoms with Crippen molar-refractivity contribution in [3.05, 3.63) is 59.7 Å². The highest BCUT2D eigenvalue weighted by Gasteiger charge is 2.01. The second-order valence-corrected chi connectivity index (χ2v) is 4.32. The number of aryl methyl sites for hydroxylation is 1. The number of rotatable bonds is 2. The van der Waals surface area contributed by atoms with Crippen molar-refractivity contribution in [1.29, 1.82) is 0 Å². The zero-order valence-corrected chi connectivity index (χ0v) is 11.7. The Kier molecular flexibility index (Phi) is 6.15. The lowest BCUT2D eigenvalue weighted by atomic mass is 9.99. The molecule has 0 aliphatic rings. The van der Waals surface area contributed by atoms with Crippen molar-refractivity contribution in [3.8, 4) is 11.1 Å². The van der Waals surface area contributed by atoms with Crippen molar-refractivity contribution < 1.29 is 9.90 Å². The first-order valence-electron chi connectivity index (χ1n) is 5.51. The molecule has 0 saturated heterocycles. The van der Waals surface area contributed by atoms with Gasteiger partial charge in [-0.05, 0) is 29.2 Å². The van der Waals surface area contributed by atoms with Crippen LogP contribution in [0.2, 0.25) is 0 Å². The minimum atomic E-state index is -0.250. The molecule has 1 N–H and O–H groups in total. The molecule has 0 unspecified atom stereocenters. The number of alkyl halides is 1. The standard InChI is InChI=1S/C14H13Br.CH2O2/c1-11-9-12(10-15)7-8-14(11)13-5-3-2-4-6-13;2-1-3/h2-9H,10H2,1H3;1H,(H,2,3). The summed E-state index contributed by atoms with van der Waals surface area (Å²) in [6, 6.07) is 17.1.